The maximum Gasteiger partial charge on any atom is 0.124 e. The van der Waals surface area contributed by atoms with Crippen LogP contribution in [0.1, 0.15) is 11.1 Å². The summed E-state index contributed by atoms with van der Waals surface area (Å²) >= 11 is 0. The summed E-state index contributed by atoms with van der Waals surface area (Å²) in [6.45, 7) is 4.74. The highest BCUT2D eigenvalue weighted by Gasteiger charge is 2.16. The first-order chi connectivity index (χ1) is 12.8. The molecular weight excluding hydrogens is 322 g/mol. The van der Waals surface area contributed by atoms with Gasteiger partial charge in [0.05, 0.1) is 6.21 Å². The average Bonchev–Trinajstić information content (AvgIpc) is 2.69. The topological polar surface area (TPSA) is 39.1 Å². The molecule has 0 spiro atoms. The number of benzene rings is 3. The third-order valence-corrected chi connectivity index (χ3v) is 4.92. The number of phenols is 1. The van der Waals surface area contributed by atoms with Gasteiger partial charge in [-0.25, -0.2) is 0 Å². The van der Waals surface area contributed by atoms with E-state index < -0.39 is 0 Å². The zero-order chi connectivity index (χ0) is 17.8. The van der Waals surface area contributed by atoms with Crippen LogP contribution in [-0.2, 0) is 6.54 Å². The summed E-state index contributed by atoms with van der Waals surface area (Å²) in [6.07, 6.45) is 1.75. The van der Waals surface area contributed by atoms with Crippen LogP contribution >= 0.6 is 0 Å². The summed E-state index contributed by atoms with van der Waals surface area (Å²) in [5.74, 6) is 0.269. The Morgan fingerprint density at radius 3 is 2.42 bits per heavy atom. The predicted octanol–water partition coefficient (Wildman–Crippen LogP) is 3.70. The van der Waals surface area contributed by atoms with Crippen LogP contribution in [0.2, 0.25) is 0 Å². The molecule has 1 heterocycles. The first-order valence-corrected chi connectivity index (χ1v) is 9.05. The standard InChI is InChI=1S/C22H23N3O/c26-22-11-4-2-7-19(22)16-23-25-14-12-24(13-15-25)17-20-9-5-8-18-6-1-3-10-21(18)20/h1-11,16,26H,12-15,17H2. The van der Waals surface area contributed by atoms with E-state index in [-0.39, 0.29) is 5.75 Å². The van der Waals surface area contributed by atoms with Crippen molar-refractivity contribution in [2.45, 2.75) is 6.54 Å². The van der Waals surface area contributed by atoms with Gasteiger partial charge in [0.2, 0.25) is 0 Å². The van der Waals surface area contributed by atoms with Gasteiger partial charge in [-0.2, -0.15) is 5.10 Å². The van der Waals surface area contributed by atoms with Gasteiger partial charge >= 0.3 is 0 Å². The van der Waals surface area contributed by atoms with Gasteiger partial charge in [-0.15, -0.1) is 0 Å². The molecule has 26 heavy (non-hydrogen) atoms. The van der Waals surface area contributed by atoms with E-state index in [0.29, 0.717) is 0 Å². The minimum absolute atomic E-state index is 0.269. The lowest BCUT2D eigenvalue weighted by Crippen LogP contribution is -2.43. The van der Waals surface area contributed by atoms with Crippen molar-refractivity contribution in [3.63, 3.8) is 0 Å². The third kappa shape index (κ3) is 3.70. The monoisotopic (exact) mass is 345 g/mol. The highest BCUT2D eigenvalue weighted by molar-refractivity contribution is 5.85. The summed E-state index contributed by atoms with van der Waals surface area (Å²) in [4.78, 5) is 2.48. The summed E-state index contributed by atoms with van der Waals surface area (Å²) in [7, 11) is 0. The Morgan fingerprint density at radius 1 is 0.846 bits per heavy atom. The van der Waals surface area contributed by atoms with E-state index in [9.17, 15) is 5.11 Å². The van der Waals surface area contributed by atoms with Gasteiger partial charge in [0.1, 0.15) is 5.75 Å². The van der Waals surface area contributed by atoms with Crippen LogP contribution in [0.3, 0.4) is 0 Å². The lowest BCUT2D eigenvalue weighted by molar-refractivity contribution is 0.131. The van der Waals surface area contributed by atoms with E-state index in [1.165, 1.54) is 16.3 Å². The van der Waals surface area contributed by atoms with Crippen LogP contribution in [0.25, 0.3) is 10.8 Å². The Hall–Kier alpha value is -2.85. The van der Waals surface area contributed by atoms with E-state index in [1.54, 1.807) is 12.3 Å². The maximum absolute atomic E-state index is 9.81. The van der Waals surface area contributed by atoms with Crippen LogP contribution in [0.15, 0.2) is 71.8 Å². The predicted molar refractivity (Wildman–Crippen MR) is 106 cm³/mol. The van der Waals surface area contributed by atoms with Gasteiger partial charge in [0.15, 0.2) is 0 Å². The lowest BCUT2D eigenvalue weighted by Gasteiger charge is -2.33. The van der Waals surface area contributed by atoms with Gasteiger partial charge in [-0.3, -0.25) is 9.91 Å². The Morgan fingerprint density at radius 2 is 1.58 bits per heavy atom. The van der Waals surface area contributed by atoms with Crippen molar-refractivity contribution in [3.8, 4) is 5.75 Å². The Labute approximate surface area is 154 Å². The van der Waals surface area contributed by atoms with Crippen LogP contribution in [-0.4, -0.2) is 47.4 Å². The minimum Gasteiger partial charge on any atom is -0.507 e. The van der Waals surface area contributed by atoms with Gasteiger partial charge in [-0.1, -0.05) is 54.6 Å². The maximum atomic E-state index is 9.81. The van der Waals surface area contributed by atoms with Crippen molar-refractivity contribution in [1.82, 2.24) is 9.91 Å². The number of fused-ring (bicyclic) bond motifs is 1. The van der Waals surface area contributed by atoms with Crippen molar-refractivity contribution in [2.75, 3.05) is 26.2 Å². The molecule has 4 rings (SSSR count). The second-order valence-corrected chi connectivity index (χ2v) is 6.67. The fraction of sp³-hybridized carbons (Fsp3) is 0.227. The fourth-order valence-corrected chi connectivity index (χ4v) is 3.42. The smallest absolute Gasteiger partial charge is 0.124 e. The molecule has 1 N–H and O–H groups in total. The number of nitrogens with zero attached hydrogens (tertiary/aromatic N) is 3. The summed E-state index contributed by atoms with van der Waals surface area (Å²) in [5.41, 5.74) is 2.14. The molecule has 0 radical (unpaired) electrons. The van der Waals surface area contributed by atoms with Crippen LogP contribution in [0.5, 0.6) is 5.75 Å². The van der Waals surface area contributed by atoms with Crippen LogP contribution in [0, 0.1) is 0 Å². The van der Waals surface area contributed by atoms with Gasteiger partial charge in [0, 0.05) is 38.3 Å². The molecule has 1 aliphatic rings. The lowest BCUT2D eigenvalue weighted by atomic mass is 10.0. The first kappa shape index (κ1) is 16.6. The SMILES string of the molecule is Oc1ccccc1C=NN1CCN(Cc2cccc3ccccc23)CC1. The second kappa shape index (κ2) is 7.58. The molecular formula is C22H23N3O. The summed E-state index contributed by atoms with van der Waals surface area (Å²) in [6, 6.07) is 22.4. The molecule has 0 amide bonds. The molecule has 0 unspecified atom stereocenters. The molecule has 4 heteroatoms. The normalized spacial score (nSPS) is 15.8. The van der Waals surface area contributed by atoms with E-state index in [4.69, 9.17) is 0 Å². The van der Waals surface area contributed by atoms with E-state index in [0.717, 1.165) is 38.3 Å². The van der Waals surface area contributed by atoms with Crippen LogP contribution in [0.4, 0.5) is 0 Å². The molecule has 4 nitrogen and oxygen atoms in total. The van der Waals surface area contributed by atoms with Crippen molar-refractivity contribution < 1.29 is 5.11 Å². The number of hydrazone groups is 1. The fourth-order valence-electron chi connectivity index (χ4n) is 3.42. The molecule has 0 saturated carbocycles. The van der Waals surface area contributed by atoms with Crippen molar-refractivity contribution in [3.05, 3.63) is 77.9 Å². The molecule has 1 fully saturated rings. The molecule has 1 aliphatic heterocycles. The van der Waals surface area contributed by atoms with E-state index in [1.807, 2.05) is 18.2 Å². The Bertz CT molecular complexity index is 909. The van der Waals surface area contributed by atoms with Gasteiger partial charge in [0.25, 0.3) is 0 Å². The zero-order valence-electron chi connectivity index (χ0n) is 14.8. The number of para-hydroxylation sites is 1. The molecule has 3 aromatic rings. The highest BCUT2D eigenvalue weighted by Crippen LogP contribution is 2.20. The van der Waals surface area contributed by atoms with Crippen LogP contribution < -0.4 is 0 Å². The van der Waals surface area contributed by atoms with Crippen molar-refractivity contribution in [2.24, 2.45) is 5.10 Å². The molecule has 3 aromatic carbocycles. The quantitative estimate of drug-likeness (QED) is 0.733. The average molecular weight is 345 g/mol. The summed E-state index contributed by atoms with van der Waals surface area (Å²) in [5, 5.41) is 19.1. The molecule has 0 atom stereocenters. The molecule has 0 aliphatic carbocycles. The molecule has 0 bridgehead atoms. The number of piperazine rings is 1. The summed E-state index contributed by atoms with van der Waals surface area (Å²) < 4.78 is 0. The highest BCUT2D eigenvalue weighted by atomic mass is 16.3. The van der Waals surface area contributed by atoms with Gasteiger partial charge < -0.3 is 5.11 Å². The van der Waals surface area contributed by atoms with Gasteiger partial charge in [-0.05, 0) is 28.5 Å². The van der Waals surface area contributed by atoms with E-state index >= 15 is 0 Å². The number of hydrogen-bond acceptors (Lipinski definition) is 4. The number of aromatic hydroxyl groups is 1. The van der Waals surface area contributed by atoms with Crippen molar-refractivity contribution >= 4 is 17.0 Å². The minimum atomic E-state index is 0.269. The number of phenolic OH excluding ortho intramolecular Hbond substituents is 1. The Balaban J connectivity index is 1.37. The Kier molecular flexibility index (Phi) is 4.84. The largest absolute Gasteiger partial charge is 0.507 e. The first-order valence-electron chi connectivity index (χ1n) is 9.05. The third-order valence-electron chi connectivity index (χ3n) is 4.92. The second-order valence-electron chi connectivity index (χ2n) is 6.67. The number of rotatable bonds is 4. The van der Waals surface area contributed by atoms with E-state index in [2.05, 4.69) is 57.5 Å². The molecule has 132 valence electrons. The molecule has 0 aromatic heterocycles. The molecule has 1 saturated heterocycles. The zero-order valence-corrected chi connectivity index (χ0v) is 14.8. The van der Waals surface area contributed by atoms with Crippen molar-refractivity contribution in [1.29, 1.82) is 0 Å². The number of hydrogen-bond donors (Lipinski definition) is 1.